The lowest BCUT2D eigenvalue weighted by Crippen LogP contribution is -2.57. The fourth-order valence-electron chi connectivity index (χ4n) is 3.83. The zero-order valence-electron chi connectivity index (χ0n) is 19.5. The van der Waals surface area contributed by atoms with Gasteiger partial charge in [-0.1, -0.05) is 42.5 Å². The molecule has 0 bridgehead atoms. The predicted octanol–water partition coefficient (Wildman–Crippen LogP) is 3.96. The van der Waals surface area contributed by atoms with Crippen LogP contribution >= 0.6 is 0 Å². The van der Waals surface area contributed by atoms with Crippen LogP contribution in [0, 0.1) is 17.8 Å². The second-order valence-corrected chi connectivity index (χ2v) is 10.4. The summed E-state index contributed by atoms with van der Waals surface area (Å²) in [5.74, 6) is -5.05. The van der Waals surface area contributed by atoms with E-state index in [0.717, 1.165) is 5.56 Å². The molecule has 0 unspecified atom stereocenters. The van der Waals surface area contributed by atoms with E-state index in [1.54, 1.807) is 53.7 Å². The number of ether oxygens (including phenoxy) is 2. The molecular formula is C25H34O6. The third kappa shape index (κ3) is 6.76. The van der Waals surface area contributed by atoms with Crippen LogP contribution in [0.25, 0.3) is 6.08 Å². The van der Waals surface area contributed by atoms with Gasteiger partial charge in [-0.15, -0.1) is 0 Å². The van der Waals surface area contributed by atoms with Crippen molar-refractivity contribution < 1.29 is 29.0 Å². The Morgan fingerprint density at radius 2 is 1.52 bits per heavy atom. The van der Waals surface area contributed by atoms with Gasteiger partial charge in [0, 0.05) is 12.3 Å². The number of rotatable bonds is 4. The van der Waals surface area contributed by atoms with E-state index in [2.05, 4.69) is 0 Å². The second-order valence-electron chi connectivity index (χ2n) is 10.4. The SMILES string of the molecule is CC(C)(C)OC(=O)[C@@H]1C(=O)C[C@](C)(O)[C@@H](C(=O)OC(C)(C)C)[C@H]1/C=C/c1ccccc1. The standard InChI is InChI=1S/C25H34O6/c1-23(2,3)30-21(27)19-17(14-13-16-11-9-8-10-12-16)20(22(28)31-24(4,5)6)25(7,29)15-18(19)26/h8-14,17,19-20,29H,15H2,1-7H3/b14-13+/t17-,19-,20+,25-/m0/s1. The predicted molar refractivity (Wildman–Crippen MR) is 118 cm³/mol. The molecule has 0 radical (unpaired) electrons. The van der Waals surface area contributed by atoms with Crippen molar-refractivity contribution in [2.75, 3.05) is 0 Å². The molecule has 0 aliphatic heterocycles. The molecule has 1 aliphatic carbocycles. The highest BCUT2D eigenvalue weighted by molar-refractivity contribution is 6.02. The second kappa shape index (κ2) is 8.95. The van der Waals surface area contributed by atoms with Gasteiger partial charge >= 0.3 is 11.9 Å². The van der Waals surface area contributed by atoms with Gasteiger partial charge in [0.25, 0.3) is 0 Å². The smallest absolute Gasteiger partial charge is 0.317 e. The number of hydrogen-bond donors (Lipinski definition) is 1. The number of ketones is 1. The maximum Gasteiger partial charge on any atom is 0.317 e. The molecule has 0 aromatic heterocycles. The van der Waals surface area contributed by atoms with Gasteiger partial charge in [0.15, 0.2) is 5.78 Å². The van der Waals surface area contributed by atoms with Crippen LogP contribution in [0.2, 0.25) is 0 Å². The van der Waals surface area contributed by atoms with Crippen molar-refractivity contribution >= 4 is 23.8 Å². The minimum atomic E-state index is -1.66. The molecule has 0 amide bonds. The highest BCUT2D eigenvalue weighted by atomic mass is 16.6. The number of carbonyl (C=O) groups is 3. The quantitative estimate of drug-likeness (QED) is 0.575. The van der Waals surface area contributed by atoms with Gasteiger partial charge in [0.05, 0.1) is 11.5 Å². The molecule has 4 atom stereocenters. The van der Waals surface area contributed by atoms with Crippen LogP contribution in [0.3, 0.4) is 0 Å². The normalized spacial score (nSPS) is 27.2. The average Bonchev–Trinajstić information content (AvgIpc) is 2.56. The van der Waals surface area contributed by atoms with Crippen molar-refractivity contribution in [3.8, 4) is 0 Å². The lowest BCUT2D eigenvalue weighted by atomic mass is 9.63. The topological polar surface area (TPSA) is 89.9 Å². The van der Waals surface area contributed by atoms with E-state index < -0.39 is 52.3 Å². The third-order valence-electron chi connectivity index (χ3n) is 4.95. The van der Waals surface area contributed by atoms with Crippen molar-refractivity contribution in [1.82, 2.24) is 0 Å². The van der Waals surface area contributed by atoms with Crippen LogP contribution in [0.15, 0.2) is 36.4 Å². The first-order chi connectivity index (χ1) is 14.1. The number of benzene rings is 1. The summed E-state index contributed by atoms with van der Waals surface area (Å²) in [7, 11) is 0. The molecule has 31 heavy (non-hydrogen) atoms. The molecule has 2 rings (SSSR count). The van der Waals surface area contributed by atoms with Gasteiger partial charge in [-0.05, 0) is 54.0 Å². The monoisotopic (exact) mass is 430 g/mol. The summed E-state index contributed by atoms with van der Waals surface area (Å²) in [4.78, 5) is 39.1. The average molecular weight is 431 g/mol. The summed E-state index contributed by atoms with van der Waals surface area (Å²) in [5, 5.41) is 11.1. The maximum absolute atomic E-state index is 13.1. The Morgan fingerprint density at radius 3 is 2.03 bits per heavy atom. The Bertz CT molecular complexity index is 839. The van der Waals surface area contributed by atoms with Crippen molar-refractivity contribution in [2.24, 2.45) is 17.8 Å². The number of carbonyl (C=O) groups excluding carboxylic acids is 3. The van der Waals surface area contributed by atoms with Gasteiger partial charge in [-0.25, -0.2) is 0 Å². The first kappa shape index (κ1) is 24.8. The summed E-state index contributed by atoms with van der Waals surface area (Å²) >= 11 is 0. The lowest BCUT2D eigenvalue weighted by Gasteiger charge is -2.43. The first-order valence-corrected chi connectivity index (χ1v) is 10.5. The van der Waals surface area contributed by atoms with Crippen molar-refractivity contribution in [2.45, 2.75) is 71.7 Å². The molecule has 0 spiro atoms. The molecular weight excluding hydrogens is 396 g/mol. The summed E-state index contributed by atoms with van der Waals surface area (Å²) in [6.07, 6.45) is 3.05. The number of Topliss-reactive ketones (excluding diaryl/α,β-unsaturated/α-hetero) is 1. The van der Waals surface area contributed by atoms with Gasteiger partial charge in [0.2, 0.25) is 0 Å². The number of hydrogen-bond acceptors (Lipinski definition) is 6. The van der Waals surface area contributed by atoms with Gasteiger partial charge < -0.3 is 14.6 Å². The molecule has 0 saturated heterocycles. The molecule has 1 aromatic rings. The zero-order valence-corrected chi connectivity index (χ0v) is 19.5. The molecule has 1 aromatic carbocycles. The van der Waals surface area contributed by atoms with E-state index >= 15 is 0 Å². The Hall–Kier alpha value is -2.47. The largest absolute Gasteiger partial charge is 0.460 e. The third-order valence-corrected chi connectivity index (χ3v) is 4.95. The Kier molecular flexibility index (Phi) is 7.16. The van der Waals surface area contributed by atoms with Crippen LogP contribution in [-0.2, 0) is 23.9 Å². The van der Waals surface area contributed by atoms with E-state index in [4.69, 9.17) is 9.47 Å². The lowest BCUT2D eigenvalue weighted by molar-refractivity contribution is -0.184. The molecule has 6 heteroatoms. The summed E-state index contributed by atoms with van der Waals surface area (Å²) in [5.41, 5.74) is -2.41. The number of aliphatic hydroxyl groups is 1. The van der Waals surface area contributed by atoms with Gasteiger partial charge in [-0.2, -0.15) is 0 Å². The highest BCUT2D eigenvalue weighted by Gasteiger charge is 2.56. The highest BCUT2D eigenvalue weighted by Crippen LogP contribution is 2.43. The molecule has 6 nitrogen and oxygen atoms in total. The van der Waals surface area contributed by atoms with E-state index in [0.29, 0.717) is 0 Å². The summed E-state index contributed by atoms with van der Waals surface area (Å²) in [6.45, 7) is 11.8. The number of esters is 2. The molecule has 1 saturated carbocycles. The fraction of sp³-hybridized carbons (Fsp3) is 0.560. The fourth-order valence-corrected chi connectivity index (χ4v) is 3.83. The molecule has 1 aliphatic rings. The summed E-state index contributed by atoms with van der Waals surface area (Å²) < 4.78 is 11.1. The van der Waals surface area contributed by atoms with Crippen LogP contribution < -0.4 is 0 Å². The Balaban J connectivity index is 2.54. The molecule has 170 valence electrons. The minimum absolute atomic E-state index is 0.337. The Labute approximate surface area is 184 Å². The van der Waals surface area contributed by atoms with E-state index in [9.17, 15) is 19.5 Å². The molecule has 1 fully saturated rings. The maximum atomic E-state index is 13.1. The van der Waals surface area contributed by atoms with Crippen molar-refractivity contribution in [1.29, 1.82) is 0 Å². The van der Waals surface area contributed by atoms with Crippen LogP contribution in [0.4, 0.5) is 0 Å². The van der Waals surface area contributed by atoms with Gasteiger partial charge in [0.1, 0.15) is 17.1 Å². The first-order valence-electron chi connectivity index (χ1n) is 10.5. The number of allylic oxidation sites excluding steroid dienone is 1. The van der Waals surface area contributed by atoms with Gasteiger partial charge in [-0.3, -0.25) is 14.4 Å². The van der Waals surface area contributed by atoms with Crippen LogP contribution in [0.5, 0.6) is 0 Å². The van der Waals surface area contributed by atoms with E-state index in [-0.39, 0.29) is 6.42 Å². The summed E-state index contributed by atoms with van der Waals surface area (Å²) in [6, 6.07) is 9.32. The van der Waals surface area contributed by atoms with Crippen LogP contribution in [-0.4, -0.2) is 39.6 Å². The molecule has 1 N–H and O–H groups in total. The molecule has 0 heterocycles. The minimum Gasteiger partial charge on any atom is -0.460 e. The van der Waals surface area contributed by atoms with Crippen LogP contribution in [0.1, 0.15) is 60.5 Å². The zero-order chi connectivity index (χ0) is 23.6. The van der Waals surface area contributed by atoms with Crippen molar-refractivity contribution in [3.63, 3.8) is 0 Å². The Morgan fingerprint density at radius 1 is 1.00 bits per heavy atom. The van der Waals surface area contributed by atoms with E-state index in [1.165, 1.54) is 6.92 Å². The van der Waals surface area contributed by atoms with E-state index in [1.807, 2.05) is 30.3 Å². The van der Waals surface area contributed by atoms with Crippen molar-refractivity contribution in [3.05, 3.63) is 42.0 Å².